The van der Waals surface area contributed by atoms with Crippen LogP contribution in [0.15, 0.2) is 24.5 Å². The van der Waals surface area contributed by atoms with E-state index in [1.807, 2.05) is 13.0 Å². The molecule has 0 bridgehead atoms. The number of carbonyl (C=O) groups excluding carboxylic acids is 1. The lowest BCUT2D eigenvalue weighted by Gasteiger charge is -2.26. The zero-order valence-corrected chi connectivity index (χ0v) is 19.9. The summed E-state index contributed by atoms with van der Waals surface area (Å²) in [5.41, 5.74) is 2.05. The van der Waals surface area contributed by atoms with Crippen LogP contribution in [0.4, 0.5) is 11.6 Å². The largest absolute Gasteiger partial charge is 0.379 e. The van der Waals surface area contributed by atoms with Crippen molar-refractivity contribution in [3.63, 3.8) is 0 Å². The van der Waals surface area contributed by atoms with Crippen LogP contribution < -0.4 is 10.6 Å². The topological polar surface area (TPSA) is 105 Å². The van der Waals surface area contributed by atoms with Crippen LogP contribution in [-0.2, 0) is 16.1 Å². The molecule has 0 unspecified atom stereocenters. The first kappa shape index (κ1) is 19.9. The lowest BCUT2D eigenvalue weighted by molar-refractivity contribution is -0.117. The summed E-state index contributed by atoms with van der Waals surface area (Å²) in [6, 6.07) is 3.47. The van der Waals surface area contributed by atoms with E-state index in [9.17, 15) is 4.79 Å². The van der Waals surface area contributed by atoms with Crippen LogP contribution >= 0.6 is 11.6 Å². The van der Waals surface area contributed by atoms with Crippen molar-refractivity contribution >= 4 is 40.0 Å². The number of carbonyl (C=O) groups is 1. The number of pyridine rings is 2. The highest BCUT2D eigenvalue weighted by molar-refractivity contribution is 6.31. The Bertz CT molecular complexity index is 1430. The van der Waals surface area contributed by atoms with Gasteiger partial charge in [-0.3, -0.25) is 9.69 Å². The standard InChI is InChI=1S/C25H26ClN7O2/c1-15-9-18(15)25(34)30-22-11-19-17(13-29-24(27-2)23(19)32-31-22)3-4-21-20(26)10-16(12-28-21)14-33-5-7-35-8-6-33/h10-13,15,18H,5-9,14H2,1-2H3,(H,27,29)(H,30,31,34)/t15-,18+/m1/s1/i2D3. The molecule has 1 aliphatic carbocycles. The van der Waals surface area contributed by atoms with Crippen molar-refractivity contribution in [2.45, 2.75) is 19.9 Å². The molecule has 1 saturated carbocycles. The molecule has 5 rings (SSSR count). The maximum Gasteiger partial charge on any atom is 0.228 e. The zero-order chi connectivity index (χ0) is 26.9. The Labute approximate surface area is 212 Å². The van der Waals surface area contributed by atoms with Crippen molar-refractivity contribution in [2.75, 3.05) is 43.9 Å². The van der Waals surface area contributed by atoms with Crippen molar-refractivity contribution in [3.05, 3.63) is 46.4 Å². The minimum Gasteiger partial charge on any atom is -0.379 e. The Balaban J connectivity index is 1.44. The predicted molar refractivity (Wildman–Crippen MR) is 134 cm³/mol. The Morgan fingerprint density at radius 2 is 2.09 bits per heavy atom. The van der Waals surface area contributed by atoms with E-state index >= 15 is 0 Å². The molecule has 4 heterocycles. The molecular weight excluding hydrogens is 466 g/mol. The van der Waals surface area contributed by atoms with Crippen LogP contribution in [0.3, 0.4) is 0 Å². The van der Waals surface area contributed by atoms with E-state index in [4.69, 9.17) is 20.5 Å². The van der Waals surface area contributed by atoms with Gasteiger partial charge in [-0.05, 0) is 36.0 Å². The third-order valence-electron chi connectivity index (χ3n) is 6.17. The molecule has 1 saturated heterocycles. The van der Waals surface area contributed by atoms with Crippen molar-refractivity contribution in [3.8, 4) is 11.8 Å². The smallest absolute Gasteiger partial charge is 0.228 e. The van der Waals surface area contributed by atoms with Gasteiger partial charge in [0.25, 0.3) is 0 Å². The molecule has 180 valence electrons. The number of aromatic nitrogens is 4. The number of nitrogens with one attached hydrogen (secondary N) is 2. The van der Waals surface area contributed by atoms with Gasteiger partial charge in [0.05, 0.1) is 23.8 Å². The molecule has 1 aliphatic heterocycles. The Kier molecular flexibility index (Phi) is 5.76. The van der Waals surface area contributed by atoms with Gasteiger partial charge in [0.1, 0.15) is 11.2 Å². The van der Waals surface area contributed by atoms with Gasteiger partial charge in [-0.1, -0.05) is 24.4 Å². The second kappa shape index (κ2) is 10.1. The minimum atomic E-state index is -2.48. The summed E-state index contributed by atoms with van der Waals surface area (Å²) in [7, 11) is 0. The number of nitrogens with zero attached hydrogens (tertiary/aromatic N) is 5. The van der Waals surface area contributed by atoms with Crippen LogP contribution in [0, 0.1) is 23.7 Å². The molecule has 9 nitrogen and oxygen atoms in total. The number of fused-ring (bicyclic) bond motifs is 1. The number of morpholine rings is 1. The molecule has 2 N–H and O–H groups in total. The molecule has 2 atom stereocenters. The Morgan fingerprint density at radius 1 is 1.26 bits per heavy atom. The van der Waals surface area contributed by atoms with Gasteiger partial charge in [0.15, 0.2) is 11.6 Å². The maximum atomic E-state index is 12.4. The quantitative estimate of drug-likeness (QED) is 0.522. The highest BCUT2D eigenvalue weighted by atomic mass is 35.5. The summed E-state index contributed by atoms with van der Waals surface area (Å²) in [5, 5.41) is 14.3. The zero-order valence-electron chi connectivity index (χ0n) is 22.1. The van der Waals surface area contributed by atoms with Crippen LogP contribution in [0.25, 0.3) is 10.9 Å². The van der Waals surface area contributed by atoms with Crippen molar-refractivity contribution in [1.82, 2.24) is 25.1 Å². The van der Waals surface area contributed by atoms with E-state index in [1.54, 1.807) is 12.3 Å². The first-order chi connectivity index (χ1) is 18.2. The van der Waals surface area contributed by atoms with Crippen molar-refractivity contribution in [2.24, 2.45) is 11.8 Å². The lowest BCUT2D eigenvalue weighted by atomic mass is 10.1. The average molecular weight is 495 g/mol. The van der Waals surface area contributed by atoms with E-state index in [1.165, 1.54) is 6.20 Å². The number of hydrogen-bond donors (Lipinski definition) is 2. The van der Waals surface area contributed by atoms with Gasteiger partial charge in [-0.25, -0.2) is 9.97 Å². The molecule has 3 aromatic rings. The fourth-order valence-electron chi connectivity index (χ4n) is 3.99. The molecule has 10 heteroatoms. The first-order valence-corrected chi connectivity index (χ1v) is 11.8. The van der Waals surface area contributed by atoms with Crippen LogP contribution in [0.5, 0.6) is 0 Å². The summed E-state index contributed by atoms with van der Waals surface area (Å²) in [5.74, 6) is 6.46. The van der Waals surface area contributed by atoms with Crippen molar-refractivity contribution < 1.29 is 13.6 Å². The molecule has 35 heavy (non-hydrogen) atoms. The lowest BCUT2D eigenvalue weighted by Crippen LogP contribution is -2.35. The third-order valence-corrected chi connectivity index (χ3v) is 6.46. The molecule has 0 spiro atoms. The van der Waals surface area contributed by atoms with Crippen LogP contribution in [0.2, 0.25) is 5.02 Å². The second-order valence-corrected chi connectivity index (χ2v) is 9.17. The second-order valence-electron chi connectivity index (χ2n) is 8.76. The molecule has 3 aromatic heterocycles. The normalized spacial score (nSPS) is 21.3. The first-order valence-electron chi connectivity index (χ1n) is 12.9. The summed E-state index contributed by atoms with van der Waals surface area (Å²) in [6.07, 6.45) is 4.03. The number of ether oxygens (including phenoxy) is 1. The average Bonchev–Trinajstić information content (AvgIpc) is 3.61. The van der Waals surface area contributed by atoms with E-state index in [0.29, 0.717) is 40.8 Å². The van der Waals surface area contributed by atoms with E-state index < -0.39 is 6.98 Å². The highest BCUT2D eigenvalue weighted by Gasteiger charge is 2.39. The fourth-order valence-corrected chi connectivity index (χ4v) is 4.23. The summed E-state index contributed by atoms with van der Waals surface area (Å²) in [6.45, 7) is 3.39. The number of rotatable bonds is 5. The molecular formula is C25H26ClN7O2. The molecule has 0 aromatic carbocycles. The summed E-state index contributed by atoms with van der Waals surface area (Å²) in [4.78, 5) is 23.3. The number of amides is 1. The van der Waals surface area contributed by atoms with E-state index in [0.717, 1.165) is 31.6 Å². The molecule has 1 amide bonds. The van der Waals surface area contributed by atoms with Gasteiger partial charge >= 0.3 is 0 Å². The SMILES string of the molecule is [2H]C([2H])([2H])Nc1ncc(C#Cc2ncc(CN3CCOCC3)cc2Cl)c2cc(NC(=O)[C@H]3C[C@H]3C)nnc12. The Hall–Kier alpha value is -3.32. The molecule has 0 radical (unpaired) electrons. The summed E-state index contributed by atoms with van der Waals surface area (Å²) >= 11 is 6.49. The third kappa shape index (κ3) is 5.35. The highest BCUT2D eigenvalue weighted by Crippen LogP contribution is 2.38. The van der Waals surface area contributed by atoms with Gasteiger partial charge in [-0.2, -0.15) is 0 Å². The van der Waals surface area contributed by atoms with Gasteiger partial charge in [0, 0.05) is 54.4 Å². The van der Waals surface area contributed by atoms with Gasteiger partial charge in [0.2, 0.25) is 5.91 Å². The monoisotopic (exact) mass is 494 g/mol. The number of hydrogen-bond acceptors (Lipinski definition) is 8. The van der Waals surface area contributed by atoms with E-state index in [2.05, 4.69) is 47.5 Å². The molecule has 2 fully saturated rings. The van der Waals surface area contributed by atoms with Crippen LogP contribution in [-0.4, -0.2) is 64.3 Å². The number of anilines is 2. The number of halogens is 1. The predicted octanol–water partition coefficient (Wildman–Crippen LogP) is 2.94. The Morgan fingerprint density at radius 3 is 2.83 bits per heavy atom. The fraction of sp³-hybridized carbons (Fsp3) is 0.400. The van der Waals surface area contributed by atoms with Gasteiger partial charge < -0.3 is 15.4 Å². The summed E-state index contributed by atoms with van der Waals surface area (Å²) < 4.78 is 28.0. The minimum absolute atomic E-state index is 0.0374. The van der Waals surface area contributed by atoms with Crippen molar-refractivity contribution in [1.29, 1.82) is 0 Å². The maximum absolute atomic E-state index is 12.4. The molecule has 2 aliphatic rings. The van der Waals surface area contributed by atoms with E-state index in [-0.39, 0.29) is 29.0 Å². The van der Waals surface area contributed by atoms with Crippen LogP contribution in [0.1, 0.15) is 34.3 Å². The van der Waals surface area contributed by atoms with Gasteiger partial charge in [-0.15, -0.1) is 10.2 Å².